The van der Waals surface area contributed by atoms with E-state index in [0.717, 1.165) is 11.3 Å². The molecule has 0 saturated carbocycles. The molecular weight excluding hydrogens is 230 g/mol. The SMILES string of the molecule is COc1ccc(CNc2cc(=O)[nH]c(C)n2)cc1. The van der Waals surface area contributed by atoms with Crippen molar-refractivity contribution in [3.8, 4) is 5.75 Å². The van der Waals surface area contributed by atoms with Crippen molar-refractivity contribution in [2.75, 3.05) is 12.4 Å². The number of H-pyrrole nitrogens is 1. The molecule has 94 valence electrons. The predicted octanol–water partition coefficient (Wildman–Crippen LogP) is 1.70. The first kappa shape index (κ1) is 12.2. The van der Waals surface area contributed by atoms with Crippen LogP contribution in [0.4, 0.5) is 5.82 Å². The number of rotatable bonds is 4. The highest BCUT2D eigenvalue weighted by atomic mass is 16.5. The highest BCUT2D eigenvalue weighted by molar-refractivity contribution is 5.35. The van der Waals surface area contributed by atoms with Crippen molar-refractivity contribution >= 4 is 5.82 Å². The third kappa shape index (κ3) is 3.10. The molecule has 0 amide bonds. The second-order valence-electron chi connectivity index (χ2n) is 3.92. The molecule has 0 aliphatic heterocycles. The van der Waals surface area contributed by atoms with E-state index in [1.54, 1.807) is 14.0 Å². The molecule has 0 bridgehead atoms. The zero-order valence-corrected chi connectivity index (χ0v) is 10.4. The van der Waals surface area contributed by atoms with Crippen LogP contribution in [0, 0.1) is 6.92 Å². The molecule has 2 rings (SSSR count). The van der Waals surface area contributed by atoms with Crippen molar-refractivity contribution in [3.63, 3.8) is 0 Å². The van der Waals surface area contributed by atoms with Gasteiger partial charge in [0.1, 0.15) is 17.4 Å². The summed E-state index contributed by atoms with van der Waals surface area (Å²) in [4.78, 5) is 18.0. The predicted molar refractivity (Wildman–Crippen MR) is 69.9 cm³/mol. The normalized spacial score (nSPS) is 10.1. The summed E-state index contributed by atoms with van der Waals surface area (Å²) >= 11 is 0. The molecule has 5 nitrogen and oxygen atoms in total. The number of ether oxygens (including phenoxy) is 1. The van der Waals surface area contributed by atoms with Gasteiger partial charge in [0.15, 0.2) is 0 Å². The Morgan fingerprint density at radius 3 is 2.67 bits per heavy atom. The second-order valence-corrected chi connectivity index (χ2v) is 3.92. The lowest BCUT2D eigenvalue weighted by Crippen LogP contribution is -2.11. The van der Waals surface area contributed by atoms with Gasteiger partial charge in [-0.15, -0.1) is 0 Å². The van der Waals surface area contributed by atoms with Crippen LogP contribution in [-0.2, 0) is 6.54 Å². The number of aryl methyl sites for hydroxylation is 1. The Hall–Kier alpha value is -2.30. The van der Waals surface area contributed by atoms with Gasteiger partial charge in [-0.3, -0.25) is 4.79 Å². The number of anilines is 1. The molecule has 0 aliphatic rings. The molecular formula is C13H15N3O2. The summed E-state index contributed by atoms with van der Waals surface area (Å²) in [5.74, 6) is 2.00. The fraction of sp³-hybridized carbons (Fsp3) is 0.231. The van der Waals surface area contributed by atoms with E-state index in [4.69, 9.17) is 4.74 Å². The minimum absolute atomic E-state index is 0.153. The molecule has 1 aromatic carbocycles. The minimum atomic E-state index is -0.153. The van der Waals surface area contributed by atoms with Gasteiger partial charge < -0.3 is 15.0 Å². The number of nitrogens with one attached hydrogen (secondary N) is 2. The molecule has 0 saturated heterocycles. The monoisotopic (exact) mass is 245 g/mol. The van der Waals surface area contributed by atoms with Gasteiger partial charge in [-0.05, 0) is 24.6 Å². The quantitative estimate of drug-likeness (QED) is 0.860. The maximum absolute atomic E-state index is 11.3. The van der Waals surface area contributed by atoms with Gasteiger partial charge in [0.05, 0.1) is 7.11 Å². The first-order valence-corrected chi connectivity index (χ1v) is 5.62. The Labute approximate surface area is 105 Å². The fourth-order valence-corrected chi connectivity index (χ4v) is 1.61. The molecule has 0 atom stereocenters. The maximum Gasteiger partial charge on any atom is 0.252 e. The summed E-state index contributed by atoms with van der Waals surface area (Å²) < 4.78 is 5.09. The average molecular weight is 245 g/mol. The standard InChI is InChI=1S/C13H15N3O2/c1-9-15-12(7-13(17)16-9)14-8-10-3-5-11(18-2)6-4-10/h3-7H,8H2,1-2H3,(H2,14,15,16,17). The lowest BCUT2D eigenvalue weighted by molar-refractivity contribution is 0.414. The highest BCUT2D eigenvalue weighted by Gasteiger charge is 1.98. The first-order valence-electron chi connectivity index (χ1n) is 5.62. The number of benzene rings is 1. The van der Waals surface area contributed by atoms with Crippen LogP contribution in [-0.4, -0.2) is 17.1 Å². The highest BCUT2D eigenvalue weighted by Crippen LogP contribution is 2.12. The molecule has 0 fully saturated rings. The molecule has 1 heterocycles. The Bertz CT molecular complexity index is 576. The molecule has 18 heavy (non-hydrogen) atoms. The van der Waals surface area contributed by atoms with E-state index in [-0.39, 0.29) is 5.56 Å². The van der Waals surface area contributed by atoms with Crippen molar-refractivity contribution < 1.29 is 4.74 Å². The molecule has 0 aliphatic carbocycles. The van der Waals surface area contributed by atoms with Gasteiger partial charge in [-0.2, -0.15) is 0 Å². The summed E-state index contributed by atoms with van der Waals surface area (Å²) in [6.45, 7) is 2.36. The number of aromatic amines is 1. The van der Waals surface area contributed by atoms with E-state index in [2.05, 4.69) is 15.3 Å². The number of hydrogen-bond donors (Lipinski definition) is 2. The number of nitrogens with zero attached hydrogens (tertiary/aromatic N) is 1. The summed E-state index contributed by atoms with van der Waals surface area (Å²) in [6.07, 6.45) is 0. The lowest BCUT2D eigenvalue weighted by atomic mass is 10.2. The summed E-state index contributed by atoms with van der Waals surface area (Å²) in [6, 6.07) is 9.16. The molecule has 0 unspecified atom stereocenters. The van der Waals surface area contributed by atoms with Crippen LogP contribution in [0.3, 0.4) is 0 Å². The van der Waals surface area contributed by atoms with Crippen LogP contribution in [0.1, 0.15) is 11.4 Å². The van der Waals surface area contributed by atoms with Crippen LogP contribution in [0.2, 0.25) is 0 Å². The van der Waals surface area contributed by atoms with Crippen LogP contribution in [0.5, 0.6) is 5.75 Å². The van der Waals surface area contributed by atoms with E-state index < -0.39 is 0 Å². The molecule has 2 N–H and O–H groups in total. The van der Waals surface area contributed by atoms with Crippen LogP contribution < -0.4 is 15.6 Å². The van der Waals surface area contributed by atoms with Crippen LogP contribution in [0.15, 0.2) is 35.1 Å². The zero-order chi connectivity index (χ0) is 13.0. The van der Waals surface area contributed by atoms with Gasteiger partial charge in [-0.1, -0.05) is 12.1 Å². The lowest BCUT2D eigenvalue weighted by Gasteiger charge is -2.06. The third-order valence-electron chi connectivity index (χ3n) is 2.49. The molecule has 1 aromatic heterocycles. The molecule has 5 heteroatoms. The van der Waals surface area contributed by atoms with Crippen molar-refractivity contribution in [1.29, 1.82) is 0 Å². The van der Waals surface area contributed by atoms with Crippen molar-refractivity contribution in [2.24, 2.45) is 0 Å². The van der Waals surface area contributed by atoms with Crippen LogP contribution in [0.25, 0.3) is 0 Å². The Kier molecular flexibility index (Phi) is 3.62. The molecule has 2 aromatic rings. The van der Waals surface area contributed by atoms with E-state index in [0.29, 0.717) is 18.2 Å². The average Bonchev–Trinajstić information content (AvgIpc) is 2.36. The summed E-state index contributed by atoms with van der Waals surface area (Å²) in [7, 11) is 1.64. The topological polar surface area (TPSA) is 67.0 Å². The fourth-order valence-electron chi connectivity index (χ4n) is 1.61. The largest absolute Gasteiger partial charge is 0.497 e. The van der Waals surface area contributed by atoms with Gasteiger partial charge in [0, 0.05) is 12.6 Å². The Morgan fingerprint density at radius 1 is 1.33 bits per heavy atom. The van der Waals surface area contributed by atoms with Crippen molar-refractivity contribution in [3.05, 3.63) is 52.1 Å². The Morgan fingerprint density at radius 2 is 2.06 bits per heavy atom. The molecule has 0 spiro atoms. The van der Waals surface area contributed by atoms with Crippen LogP contribution >= 0.6 is 0 Å². The van der Waals surface area contributed by atoms with Gasteiger partial charge in [0.25, 0.3) is 5.56 Å². The summed E-state index contributed by atoms with van der Waals surface area (Å²) in [5.41, 5.74) is 0.940. The maximum atomic E-state index is 11.3. The van der Waals surface area contributed by atoms with Gasteiger partial charge in [-0.25, -0.2) is 4.98 Å². The van der Waals surface area contributed by atoms with E-state index in [1.807, 2.05) is 24.3 Å². The smallest absolute Gasteiger partial charge is 0.252 e. The van der Waals surface area contributed by atoms with E-state index in [9.17, 15) is 4.79 Å². The zero-order valence-electron chi connectivity index (χ0n) is 10.4. The second kappa shape index (κ2) is 5.35. The van der Waals surface area contributed by atoms with E-state index in [1.165, 1.54) is 6.07 Å². The van der Waals surface area contributed by atoms with Crippen molar-refractivity contribution in [1.82, 2.24) is 9.97 Å². The number of hydrogen-bond acceptors (Lipinski definition) is 4. The van der Waals surface area contributed by atoms with Gasteiger partial charge in [0.2, 0.25) is 0 Å². The number of aromatic nitrogens is 2. The molecule has 0 radical (unpaired) electrons. The third-order valence-corrected chi connectivity index (χ3v) is 2.49. The summed E-state index contributed by atoms with van der Waals surface area (Å²) in [5, 5.41) is 3.11. The van der Waals surface area contributed by atoms with E-state index >= 15 is 0 Å². The minimum Gasteiger partial charge on any atom is -0.497 e. The Balaban J connectivity index is 2.04. The number of methoxy groups -OCH3 is 1. The van der Waals surface area contributed by atoms with Crippen molar-refractivity contribution in [2.45, 2.75) is 13.5 Å². The van der Waals surface area contributed by atoms with Gasteiger partial charge >= 0.3 is 0 Å². The first-order chi connectivity index (χ1) is 8.67.